The molecule has 0 unspecified atom stereocenters. The summed E-state index contributed by atoms with van der Waals surface area (Å²) in [6.45, 7) is 7.40. The van der Waals surface area contributed by atoms with Crippen LogP contribution in [0.25, 0.3) is 0 Å². The lowest BCUT2D eigenvalue weighted by atomic mass is 10.2. The average molecular weight is 376 g/mol. The minimum atomic E-state index is -3.87. The van der Waals surface area contributed by atoms with Crippen LogP contribution >= 0.6 is 0 Å². The summed E-state index contributed by atoms with van der Waals surface area (Å²) in [6.07, 6.45) is -0.0938. The second-order valence-corrected chi connectivity index (χ2v) is 8.11. The zero-order valence-corrected chi connectivity index (χ0v) is 16.1. The molecule has 0 atom stereocenters. The standard InChI is InChI=1S/C19H24N2O4S/c1-13(2)20-19(22)15-8-7-9-16(12-15)26(23,24)21-17-10-5-6-11-18(17)25-14(3)4/h5-14,21H,1-4H3,(H,20,22). The van der Waals surface area contributed by atoms with Gasteiger partial charge in [0.1, 0.15) is 5.75 Å². The summed E-state index contributed by atoms with van der Waals surface area (Å²) in [5.74, 6) is 0.125. The molecule has 0 spiro atoms. The number of benzene rings is 2. The molecule has 6 nitrogen and oxygen atoms in total. The molecule has 2 aromatic rings. The van der Waals surface area contributed by atoms with Crippen molar-refractivity contribution in [3.05, 3.63) is 54.1 Å². The summed E-state index contributed by atoms with van der Waals surface area (Å²) in [5, 5.41) is 2.74. The van der Waals surface area contributed by atoms with Gasteiger partial charge in [-0.25, -0.2) is 8.42 Å². The van der Waals surface area contributed by atoms with E-state index in [9.17, 15) is 13.2 Å². The second kappa shape index (κ2) is 8.23. The summed E-state index contributed by atoms with van der Waals surface area (Å²) in [7, 11) is -3.87. The van der Waals surface area contributed by atoms with Gasteiger partial charge in [-0.1, -0.05) is 18.2 Å². The Morgan fingerprint density at radius 2 is 1.69 bits per heavy atom. The molecule has 0 fully saturated rings. The number of hydrogen-bond donors (Lipinski definition) is 2. The molecule has 0 bridgehead atoms. The molecular formula is C19H24N2O4S. The van der Waals surface area contributed by atoms with Crippen molar-refractivity contribution in [2.45, 2.75) is 44.7 Å². The van der Waals surface area contributed by atoms with E-state index >= 15 is 0 Å². The van der Waals surface area contributed by atoms with Gasteiger partial charge in [0.05, 0.1) is 16.7 Å². The van der Waals surface area contributed by atoms with Crippen molar-refractivity contribution in [3.63, 3.8) is 0 Å². The van der Waals surface area contributed by atoms with Crippen LogP contribution in [0.5, 0.6) is 5.75 Å². The first-order chi connectivity index (χ1) is 12.2. The first-order valence-corrected chi connectivity index (χ1v) is 9.87. The molecule has 0 saturated carbocycles. The fourth-order valence-electron chi connectivity index (χ4n) is 2.26. The first kappa shape index (κ1) is 19.8. The summed E-state index contributed by atoms with van der Waals surface area (Å²) < 4.78 is 33.6. The Bertz CT molecular complexity index is 877. The lowest BCUT2D eigenvalue weighted by Crippen LogP contribution is -2.30. The number of rotatable bonds is 7. The van der Waals surface area contributed by atoms with Crippen molar-refractivity contribution in [1.82, 2.24) is 5.32 Å². The van der Waals surface area contributed by atoms with Gasteiger partial charge >= 0.3 is 0 Å². The van der Waals surface area contributed by atoms with Gasteiger partial charge in [0.15, 0.2) is 0 Å². The number of anilines is 1. The highest BCUT2D eigenvalue weighted by atomic mass is 32.2. The summed E-state index contributed by atoms with van der Waals surface area (Å²) in [6, 6.07) is 12.7. The number of carbonyl (C=O) groups is 1. The first-order valence-electron chi connectivity index (χ1n) is 8.38. The average Bonchev–Trinajstić information content (AvgIpc) is 2.55. The third-order valence-electron chi connectivity index (χ3n) is 3.32. The van der Waals surface area contributed by atoms with E-state index in [0.29, 0.717) is 11.4 Å². The maximum atomic E-state index is 12.7. The van der Waals surface area contributed by atoms with Crippen molar-refractivity contribution in [2.75, 3.05) is 4.72 Å². The fraction of sp³-hybridized carbons (Fsp3) is 0.316. The number of nitrogens with one attached hydrogen (secondary N) is 2. The predicted molar refractivity (Wildman–Crippen MR) is 102 cm³/mol. The lowest BCUT2D eigenvalue weighted by molar-refractivity contribution is 0.0943. The molecule has 0 aliphatic rings. The quantitative estimate of drug-likeness (QED) is 0.775. The number of ether oxygens (including phenoxy) is 1. The Morgan fingerprint density at radius 1 is 1.00 bits per heavy atom. The third-order valence-corrected chi connectivity index (χ3v) is 4.68. The van der Waals surface area contributed by atoms with Gasteiger partial charge in [-0.15, -0.1) is 0 Å². The topological polar surface area (TPSA) is 84.5 Å². The molecule has 0 aliphatic carbocycles. The monoisotopic (exact) mass is 376 g/mol. The Kier molecular flexibility index (Phi) is 6.26. The number of carbonyl (C=O) groups excluding carboxylic acids is 1. The molecule has 0 heterocycles. The normalized spacial score (nSPS) is 11.5. The number of sulfonamides is 1. The lowest BCUT2D eigenvalue weighted by Gasteiger charge is -2.16. The van der Waals surface area contributed by atoms with Crippen LogP contribution in [0, 0.1) is 0 Å². The third kappa shape index (κ3) is 5.23. The summed E-state index contributed by atoms with van der Waals surface area (Å²) >= 11 is 0. The molecule has 7 heteroatoms. The Labute approximate surface area is 154 Å². The van der Waals surface area contributed by atoms with Crippen LogP contribution in [-0.2, 0) is 10.0 Å². The van der Waals surface area contributed by atoms with E-state index in [2.05, 4.69) is 10.0 Å². The van der Waals surface area contributed by atoms with Gasteiger partial charge in [-0.05, 0) is 58.0 Å². The van der Waals surface area contributed by atoms with E-state index in [1.54, 1.807) is 36.4 Å². The predicted octanol–water partition coefficient (Wildman–Crippen LogP) is 3.41. The van der Waals surface area contributed by atoms with Crippen molar-refractivity contribution in [2.24, 2.45) is 0 Å². The second-order valence-electron chi connectivity index (χ2n) is 6.42. The van der Waals surface area contributed by atoms with Gasteiger partial charge < -0.3 is 10.1 Å². The van der Waals surface area contributed by atoms with Crippen LogP contribution in [-0.4, -0.2) is 26.5 Å². The minimum Gasteiger partial charge on any atom is -0.489 e. The van der Waals surface area contributed by atoms with Crippen molar-refractivity contribution >= 4 is 21.6 Å². The van der Waals surface area contributed by atoms with Crippen LogP contribution in [0.1, 0.15) is 38.1 Å². The van der Waals surface area contributed by atoms with E-state index in [1.165, 1.54) is 12.1 Å². The molecule has 2 N–H and O–H groups in total. The Morgan fingerprint density at radius 3 is 2.35 bits per heavy atom. The van der Waals surface area contributed by atoms with Crippen LogP contribution < -0.4 is 14.8 Å². The minimum absolute atomic E-state index is 0.00764. The molecule has 0 radical (unpaired) electrons. The fourth-order valence-corrected chi connectivity index (χ4v) is 3.38. The smallest absolute Gasteiger partial charge is 0.262 e. The highest BCUT2D eigenvalue weighted by Gasteiger charge is 2.19. The van der Waals surface area contributed by atoms with E-state index < -0.39 is 10.0 Å². The maximum absolute atomic E-state index is 12.7. The Hall–Kier alpha value is -2.54. The van der Waals surface area contributed by atoms with Crippen molar-refractivity contribution < 1.29 is 17.9 Å². The van der Waals surface area contributed by atoms with E-state index in [4.69, 9.17) is 4.74 Å². The van der Waals surface area contributed by atoms with Crippen LogP contribution in [0.4, 0.5) is 5.69 Å². The zero-order chi connectivity index (χ0) is 19.3. The van der Waals surface area contributed by atoms with E-state index in [-0.39, 0.29) is 28.5 Å². The molecule has 26 heavy (non-hydrogen) atoms. The molecule has 1 amide bonds. The molecular weight excluding hydrogens is 352 g/mol. The summed E-state index contributed by atoms with van der Waals surface area (Å²) in [4.78, 5) is 12.1. The maximum Gasteiger partial charge on any atom is 0.262 e. The molecule has 0 aliphatic heterocycles. The zero-order valence-electron chi connectivity index (χ0n) is 15.3. The molecule has 0 aromatic heterocycles. The van der Waals surface area contributed by atoms with E-state index in [1.807, 2.05) is 27.7 Å². The van der Waals surface area contributed by atoms with Gasteiger partial charge in [0.2, 0.25) is 0 Å². The molecule has 140 valence electrons. The summed E-state index contributed by atoms with van der Waals surface area (Å²) in [5.41, 5.74) is 0.631. The Balaban J connectivity index is 2.30. The van der Waals surface area contributed by atoms with E-state index in [0.717, 1.165) is 0 Å². The number of para-hydroxylation sites is 2. The van der Waals surface area contributed by atoms with Gasteiger partial charge in [-0.3, -0.25) is 9.52 Å². The SMILES string of the molecule is CC(C)NC(=O)c1cccc(S(=O)(=O)Nc2ccccc2OC(C)C)c1. The number of amides is 1. The van der Waals surface area contributed by atoms with Crippen LogP contribution in [0.2, 0.25) is 0 Å². The molecule has 2 aromatic carbocycles. The van der Waals surface area contributed by atoms with Gasteiger partial charge in [0.25, 0.3) is 15.9 Å². The van der Waals surface area contributed by atoms with Crippen LogP contribution in [0.15, 0.2) is 53.4 Å². The number of hydrogen-bond acceptors (Lipinski definition) is 4. The van der Waals surface area contributed by atoms with Crippen molar-refractivity contribution in [1.29, 1.82) is 0 Å². The van der Waals surface area contributed by atoms with Gasteiger partial charge in [-0.2, -0.15) is 0 Å². The molecule has 2 rings (SSSR count). The van der Waals surface area contributed by atoms with Crippen LogP contribution in [0.3, 0.4) is 0 Å². The largest absolute Gasteiger partial charge is 0.489 e. The highest BCUT2D eigenvalue weighted by Crippen LogP contribution is 2.27. The highest BCUT2D eigenvalue weighted by molar-refractivity contribution is 7.92. The van der Waals surface area contributed by atoms with Gasteiger partial charge in [0, 0.05) is 11.6 Å². The molecule has 0 saturated heterocycles. The van der Waals surface area contributed by atoms with Crippen molar-refractivity contribution in [3.8, 4) is 5.75 Å².